The Kier molecular flexibility index (Phi) is 9.97. The minimum atomic E-state index is -0.443. The van der Waals surface area contributed by atoms with Gasteiger partial charge in [0.15, 0.2) is 0 Å². The van der Waals surface area contributed by atoms with Crippen LogP contribution in [-0.4, -0.2) is 81.7 Å². The quantitative estimate of drug-likeness (QED) is 0.677. The van der Waals surface area contributed by atoms with Crippen LogP contribution >= 0.6 is 0 Å². The molecule has 2 fully saturated rings. The lowest BCUT2D eigenvalue weighted by atomic mass is 10.1. The first kappa shape index (κ1) is 27.7. The number of piperidine rings is 2. The van der Waals surface area contributed by atoms with E-state index in [1.165, 1.54) is 0 Å². The fourth-order valence-corrected chi connectivity index (χ4v) is 3.47. The largest absolute Gasteiger partial charge is 0.490 e. The number of aromatic nitrogens is 1. The Bertz CT molecular complexity index is 759. The molecule has 9 heteroatoms. The molecule has 9 nitrogen and oxygen atoms in total. The third-order valence-electron chi connectivity index (χ3n) is 5.16. The van der Waals surface area contributed by atoms with Crippen LogP contribution in [0.4, 0.5) is 9.59 Å². The summed E-state index contributed by atoms with van der Waals surface area (Å²) in [7, 11) is 0. The maximum atomic E-state index is 11.9. The Morgan fingerprint density at radius 1 is 0.824 bits per heavy atom. The summed E-state index contributed by atoms with van der Waals surface area (Å²) in [5, 5.41) is 9.26. The third kappa shape index (κ3) is 10.6. The lowest BCUT2D eigenvalue weighted by Crippen LogP contribution is -2.44. The van der Waals surface area contributed by atoms with Crippen molar-refractivity contribution in [2.45, 2.75) is 90.6 Å². The van der Waals surface area contributed by atoms with E-state index in [2.05, 4.69) is 4.98 Å². The molecule has 0 bridgehead atoms. The van der Waals surface area contributed by atoms with Gasteiger partial charge in [0.1, 0.15) is 23.1 Å². The fraction of sp³-hybridized carbons (Fsp3) is 0.720. The van der Waals surface area contributed by atoms with Crippen molar-refractivity contribution in [3.8, 4) is 5.75 Å². The first-order valence-electron chi connectivity index (χ1n) is 12.0. The lowest BCUT2D eigenvalue weighted by Gasteiger charge is -2.33. The number of aliphatic hydroxyl groups excluding tert-OH is 1. The van der Waals surface area contributed by atoms with Crippen LogP contribution in [0.25, 0.3) is 0 Å². The molecular formula is C25H41N3O6. The molecular weight excluding hydrogens is 438 g/mol. The van der Waals surface area contributed by atoms with Gasteiger partial charge in [-0.1, -0.05) is 0 Å². The first-order chi connectivity index (χ1) is 15.8. The number of likely N-dealkylation sites (tertiary alicyclic amines) is 2. The van der Waals surface area contributed by atoms with Crippen LogP contribution < -0.4 is 4.74 Å². The summed E-state index contributed by atoms with van der Waals surface area (Å²) in [5.41, 5.74) is -0.880. The molecule has 0 radical (unpaired) electrons. The number of hydrogen-bond acceptors (Lipinski definition) is 7. The summed E-state index contributed by atoms with van der Waals surface area (Å²) >= 11 is 0. The van der Waals surface area contributed by atoms with Gasteiger partial charge in [-0.2, -0.15) is 0 Å². The molecule has 0 atom stereocenters. The van der Waals surface area contributed by atoms with Crippen molar-refractivity contribution in [3.63, 3.8) is 0 Å². The third-order valence-corrected chi connectivity index (χ3v) is 5.16. The van der Waals surface area contributed by atoms with E-state index in [4.69, 9.17) is 14.2 Å². The highest BCUT2D eigenvalue weighted by Crippen LogP contribution is 2.20. The Hall–Kier alpha value is -2.55. The van der Waals surface area contributed by atoms with E-state index < -0.39 is 11.2 Å². The van der Waals surface area contributed by atoms with Crippen molar-refractivity contribution < 1.29 is 28.9 Å². The van der Waals surface area contributed by atoms with Crippen molar-refractivity contribution in [2.75, 3.05) is 26.2 Å². The summed E-state index contributed by atoms with van der Waals surface area (Å²) < 4.78 is 16.5. The molecule has 0 aromatic carbocycles. The van der Waals surface area contributed by atoms with Crippen molar-refractivity contribution in [3.05, 3.63) is 24.5 Å². The smallest absolute Gasteiger partial charge is 0.410 e. The molecule has 1 aromatic rings. The highest BCUT2D eigenvalue weighted by atomic mass is 16.6. The molecule has 2 aliphatic rings. The van der Waals surface area contributed by atoms with Crippen LogP contribution in [0.2, 0.25) is 0 Å². The number of rotatable bonds is 2. The molecule has 2 amide bonds. The standard InChI is InChI=1S/C15H22N2O3.C10H19NO3/c1-15(2,3)20-14(18)17-10-6-13(7-11-17)19-12-4-8-16-9-5-12;1-10(2,3)14-9(13)11-6-4-8(12)5-7-11/h4-5,8-9,13H,6-7,10-11H2,1-3H3;8,12H,4-7H2,1-3H3. The van der Waals surface area contributed by atoms with E-state index in [1.807, 2.05) is 53.7 Å². The van der Waals surface area contributed by atoms with E-state index in [1.54, 1.807) is 22.2 Å². The van der Waals surface area contributed by atoms with Crippen LogP contribution in [0.15, 0.2) is 24.5 Å². The number of nitrogens with zero attached hydrogens (tertiary/aromatic N) is 3. The number of pyridine rings is 1. The van der Waals surface area contributed by atoms with E-state index in [-0.39, 0.29) is 24.4 Å². The van der Waals surface area contributed by atoms with Crippen molar-refractivity contribution >= 4 is 12.2 Å². The second-order valence-corrected chi connectivity index (χ2v) is 10.7. The molecule has 2 saturated heterocycles. The minimum Gasteiger partial charge on any atom is -0.490 e. The molecule has 3 heterocycles. The zero-order valence-corrected chi connectivity index (χ0v) is 21.5. The molecule has 0 spiro atoms. The first-order valence-corrected chi connectivity index (χ1v) is 12.0. The molecule has 0 aliphatic carbocycles. The predicted octanol–water partition coefficient (Wildman–Crippen LogP) is 4.24. The van der Waals surface area contributed by atoms with Crippen molar-refractivity contribution in [2.24, 2.45) is 0 Å². The van der Waals surface area contributed by atoms with Crippen molar-refractivity contribution in [1.82, 2.24) is 14.8 Å². The van der Waals surface area contributed by atoms with E-state index in [9.17, 15) is 14.7 Å². The summed E-state index contributed by atoms with van der Waals surface area (Å²) in [6.07, 6.45) is 5.76. The SMILES string of the molecule is CC(C)(C)OC(=O)N1CCC(O)CC1.CC(C)(C)OC(=O)N1CCC(Oc2ccncc2)CC1. The molecule has 3 rings (SSSR count). The summed E-state index contributed by atoms with van der Waals surface area (Å²) in [6.45, 7) is 13.7. The second-order valence-electron chi connectivity index (χ2n) is 10.7. The Morgan fingerprint density at radius 2 is 1.24 bits per heavy atom. The number of amides is 2. The van der Waals surface area contributed by atoms with E-state index in [0.29, 0.717) is 39.0 Å². The topological polar surface area (TPSA) is 101 Å². The Labute approximate surface area is 203 Å². The van der Waals surface area contributed by atoms with Gasteiger partial charge in [-0.3, -0.25) is 4.98 Å². The van der Waals surface area contributed by atoms with Gasteiger partial charge in [-0.15, -0.1) is 0 Å². The number of ether oxygens (including phenoxy) is 3. The van der Waals surface area contributed by atoms with Gasteiger partial charge < -0.3 is 29.1 Å². The molecule has 0 saturated carbocycles. The van der Waals surface area contributed by atoms with E-state index in [0.717, 1.165) is 18.6 Å². The van der Waals surface area contributed by atoms with Gasteiger partial charge in [0.2, 0.25) is 0 Å². The fourth-order valence-electron chi connectivity index (χ4n) is 3.47. The second kappa shape index (κ2) is 12.2. The van der Waals surface area contributed by atoms with Crippen LogP contribution in [0.1, 0.15) is 67.2 Å². The molecule has 1 N–H and O–H groups in total. The van der Waals surface area contributed by atoms with Gasteiger partial charge in [0, 0.05) is 51.4 Å². The maximum Gasteiger partial charge on any atom is 0.410 e. The average molecular weight is 480 g/mol. The number of carbonyl (C=O) groups excluding carboxylic acids is 2. The molecule has 192 valence electrons. The maximum absolute atomic E-state index is 11.9. The highest BCUT2D eigenvalue weighted by molar-refractivity contribution is 5.68. The zero-order chi connectivity index (χ0) is 25.4. The summed E-state index contributed by atoms with van der Waals surface area (Å²) in [5.74, 6) is 0.829. The normalized spacial score (nSPS) is 18.0. The van der Waals surface area contributed by atoms with Crippen LogP contribution in [0.3, 0.4) is 0 Å². The van der Waals surface area contributed by atoms with Crippen LogP contribution in [-0.2, 0) is 9.47 Å². The molecule has 0 unspecified atom stereocenters. The monoisotopic (exact) mass is 479 g/mol. The van der Waals surface area contributed by atoms with Gasteiger partial charge in [-0.05, 0) is 66.5 Å². The number of aliphatic hydroxyl groups is 1. The van der Waals surface area contributed by atoms with Crippen LogP contribution in [0, 0.1) is 0 Å². The van der Waals surface area contributed by atoms with Crippen molar-refractivity contribution in [1.29, 1.82) is 0 Å². The highest BCUT2D eigenvalue weighted by Gasteiger charge is 2.28. The molecule has 1 aromatic heterocycles. The zero-order valence-electron chi connectivity index (χ0n) is 21.5. The Morgan fingerprint density at radius 3 is 1.65 bits per heavy atom. The number of hydrogen-bond donors (Lipinski definition) is 1. The number of carbonyl (C=O) groups is 2. The summed E-state index contributed by atoms with van der Waals surface area (Å²) in [6, 6.07) is 3.69. The van der Waals surface area contributed by atoms with Gasteiger partial charge >= 0.3 is 12.2 Å². The minimum absolute atomic E-state index is 0.149. The Balaban J connectivity index is 0.000000257. The van der Waals surface area contributed by atoms with Gasteiger partial charge in [-0.25, -0.2) is 9.59 Å². The van der Waals surface area contributed by atoms with Gasteiger partial charge in [0.05, 0.1) is 6.10 Å². The average Bonchev–Trinajstić information content (AvgIpc) is 2.73. The molecule has 34 heavy (non-hydrogen) atoms. The summed E-state index contributed by atoms with van der Waals surface area (Å²) in [4.78, 5) is 30.8. The van der Waals surface area contributed by atoms with E-state index >= 15 is 0 Å². The predicted molar refractivity (Wildman–Crippen MR) is 129 cm³/mol. The van der Waals surface area contributed by atoms with Crippen LogP contribution in [0.5, 0.6) is 5.75 Å². The molecule has 2 aliphatic heterocycles. The van der Waals surface area contributed by atoms with Gasteiger partial charge in [0.25, 0.3) is 0 Å². The lowest BCUT2D eigenvalue weighted by molar-refractivity contribution is 0.00959.